The lowest BCUT2D eigenvalue weighted by Crippen LogP contribution is -2.38. The highest BCUT2D eigenvalue weighted by molar-refractivity contribution is 9.10. The fourth-order valence-corrected chi connectivity index (χ4v) is 5.44. The van der Waals surface area contributed by atoms with Crippen LogP contribution in [0, 0.1) is 0 Å². The average Bonchev–Trinajstić information content (AvgIpc) is 3.16. The monoisotopic (exact) mass is 563 g/mol. The number of methoxy groups -OCH3 is 1. The summed E-state index contributed by atoms with van der Waals surface area (Å²) >= 11 is 3.55. The standard InChI is InChI=1S/C28H22BrNO7/c1-13(31)22-18(32)11-21-28(2,26(22)34)24-19(33)10-20(36-3)23(25(24)37-21)27(35)30-12-14-8-9-17(29)16-7-5-4-6-15(14)16/h4-11,32-33H,12H2,1-3H3,(H,30,35)/t28-/m1/s1. The van der Waals surface area contributed by atoms with E-state index in [1.807, 2.05) is 36.4 Å². The molecule has 3 N–H and O–H groups in total. The number of allylic oxidation sites excluding steroid dienone is 3. The SMILES string of the molecule is COc1cc(O)c2c(c1C(=O)NCc1ccc(Br)c3ccccc13)OC1=CC(O)=C(C(C)=O)C(=O)[C@]12C. The maximum Gasteiger partial charge on any atom is 0.259 e. The molecule has 1 aliphatic heterocycles. The number of aliphatic hydroxyl groups excluding tert-OH is 1. The lowest BCUT2D eigenvalue weighted by atomic mass is 9.71. The zero-order valence-corrected chi connectivity index (χ0v) is 21.7. The van der Waals surface area contributed by atoms with Gasteiger partial charge in [0.25, 0.3) is 5.91 Å². The van der Waals surface area contributed by atoms with Crippen molar-refractivity contribution in [3.8, 4) is 17.2 Å². The number of nitrogens with one attached hydrogen (secondary N) is 1. The minimum Gasteiger partial charge on any atom is -0.507 e. The summed E-state index contributed by atoms with van der Waals surface area (Å²) < 4.78 is 12.2. The quantitative estimate of drug-likeness (QED) is 0.382. The number of phenolic OH excluding ortho intramolecular Hbond substituents is 1. The summed E-state index contributed by atoms with van der Waals surface area (Å²) in [4.78, 5) is 39.0. The smallest absolute Gasteiger partial charge is 0.259 e. The molecule has 1 atom stereocenters. The van der Waals surface area contributed by atoms with Crippen molar-refractivity contribution in [2.24, 2.45) is 0 Å². The van der Waals surface area contributed by atoms with Crippen LogP contribution in [0.5, 0.6) is 17.2 Å². The maximum absolute atomic E-state index is 13.5. The number of ether oxygens (including phenoxy) is 2. The molecule has 0 radical (unpaired) electrons. The van der Waals surface area contributed by atoms with Crippen LogP contribution in [0.3, 0.4) is 0 Å². The number of ketones is 2. The normalized spacial score (nSPS) is 18.2. The van der Waals surface area contributed by atoms with Crippen LogP contribution in [-0.4, -0.2) is 34.8 Å². The van der Waals surface area contributed by atoms with Crippen LogP contribution in [0.4, 0.5) is 0 Å². The molecule has 188 valence electrons. The Bertz CT molecular complexity index is 1600. The first-order chi connectivity index (χ1) is 17.6. The number of aromatic hydroxyl groups is 1. The number of carbonyl (C=O) groups is 3. The van der Waals surface area contributed by atoms with Gasteiger partial charge in [-0.25, -0.2) is 0 Å². The Morgan fingerprint density at radius 1 is 1.14 bits per heavy atom. The second kappa shape index (κ2) is 8.77. The fourth-order valence-electron chi connectivity index (χ4n) is 4.96. The van der Waals surface area contributed by atoms with E-state index in [2.05, 4.69) is 21.2 Å². The fraction of sp³-hybridized carbons (Fsp3) is 0.179. The number of Topliss-reactive ketones (excluding diaryl/α,β-unsaturated/α-hetero) is 2. The van der Waals surface area contributed by atoms with Gasteiger partial charge in [-0.15, -0.1) is 0 Å². The molecule has 0 unspecified atom stereocenters. The van der Waals surface area contributed by atoms with Gasteiger partial charge >= 0.3 is 0 Å². The van der Waals surface area contributed by atoms with E-state index in [1.54, 1.807) is 0 Å². The molecule has 0 fully saturated rings. The van der Waals surface area contributed by atoms with Crippen LogP contribution >= 0.6 is 15.9 Å². The number of rotatable bonds is 5. The number of aliphatic hydroxyl groups is 1. The molecule has 3 aromatic carbocycles. The van der Waals surface area contributed by atoms with E-state index in [-0.39, 0.29) is 40.7 Å². The van der Waals surface area contributed by atoms with Gasteiger partial charge in [0, 0.05) is 23.2 Å². The molecule has 1 amide bonds. The molecule has 0 aromatic heterocycles. The van der Waals surface area contributed by atoms with E-state index in [0.29, 0.717) is 0 Å². The highest BCUT2D eigenvalue weighted by Gasteiger charge is 2.55. The van der Waals surface area contributed by atoms with Gasteiger partial charge in [0.1, 0.15) is 39.6 Å². The second-order valence-electron chi connectivity index (χ2n) is 8.99. The summed E-state index contributed by atoms with van der Waals surface area (Å²) in [5.74, 6) is -2.83. The van der Waals surface area contributed by atoms with Crippen LogP contribution in [0.1, 0.15) is 35.3 Å². The van der Waals surface area contributed by atoms with Gasteiger partial charge < -0.3 is 25.0 Å². The van der Waals surface area contributed by atoms with E-state index in [4.69, 9.17) is 9.47 Å². The summed E-state index contributed by atoms with van der Waals surface area (Å²) in [6.45, 7) is 2.83. The van der Waals surface area contributed by atoms with Crippen LogP contribution in [-0.2, 0) is 21.5 Å². The molecule has 1 heterocycles. The Labute approximate surface area is 220 Å². The first kappa shape index (κ1) is 24.6. The largest absolute Gasteiger partial charge is 0.507 e. The van der Waals surface area contributed by atoms with Crippen molar-refractivity contribution in [1.29, 1.82) is 0 Å². The molecule has 0 saturated heterocycles. The van der Waals surface area contributed by atoms with Crippen molar-refractivity contribution in [2.75, 3.05) is 7.11 Å². The van der Waals surface area contributed by atoms with Crippen molar-refractivity contribution >= 4 is 44.2 Å². The van der Waals surface area contributed by atoms with Crippen molar-refractivity contribution < 1.29 is 34.1 Å². The van der Waals surface area contributed by atoms with E-state index < -0.39 is 34.2 Å². The zero-order chi connectivity index (χ0) is 26.6. The average molecular weight is 564 g/mol. The Hall–Kier alpha value is -4.11. The molecule has 8 nitrogen and oxygen atoms in total. The molecule has 1 aliphatic carbocycles. The minimum atomic E-state index is -1.62. The van der Waals surface area contributed by atoms with Crippen LogP contribution in [0.25, 0.3) is 10.8 Å². The summed E-state index contributed by atoms with van der Waals surface area (Å²) in [7, 11) is 1.34. The van der Waals surface area contributed by atoms with Crippen LogP contribution in [0.2, 0.25) is 0 Å². The first-order valence-electron chi connectivity index (χ1n) is 11.4. The van der Waals surface area contributed by atoms with Gasteiger partial charge in [-0.05, 0) is 36.2 Å². The number of fused-ring (bicyclic) bond motifs is 4. The zero-order valence-electron chi connectivity index (χ0n) is 20.1. The van der Waals surface area contributed by atoms with Gasteiger partial charge in [-0.1, -0.05) is 46.3 Å². The molecule has 0 spiro atoms. The molecular weight excluding hydrogens is 542 g/mol. The van der Waals surface area contributed by atoms with Crippen molar-refractivity contribution in [3.63, 3.8) is 0 Å². The van der Waals surface area contributed by atoms with Crippen LogP contribution < -0.4 is 14.8 Å². The molecule has 3 aromatic rings. The van der Waals surface area contributed by atoms with Crippen molar-refractivity contribution in [2.45, 2.75) is 25.8 Å². The van der Waals surface area contributed by atoms with Gasteiger partial charge in [0.2, 0.25) is 0 Å². The summed E-state index contributed by atoms with van der Waals surface area (Å²) in [5, 5.41) is 26.0. The van der Waals surface area contributed by atoms with Gasteiger partial charge in [-0.2, -0.15) is 0 Å². The second-order valence-corrected chi connectivity index (χ2v) is 9.85. The Morgan fingerprint density at radius 3 is 2.51 bits per heavy atom. The van der Waals surface area contributed by atoms with Crippen LogP contribution in [0.15, 0.2) is 70.1 Å². The number of hydrogen-bond acceptors (Lipinski definition) is 7. The van der Waals surface area contributed by atoms with Crippen molar-refractivity contribution in [1.82, 2.24) is 5.32 Å². The van der Waals surface area contributed by atoms with E-state index in [0.717, 1.165) is 20.8 Å². The molecular formula is C28H22BrNO7. The topological polar surface area (TPSA) is 122 Å². The predicted octanol–water partition coefficient (Wildman–Crippen LogP) is 4.76. The highest BCUT2D eigenvalue weighted by Crippen LogP contribution is 2.56. The molecule has 2 aliphatic rings. The maximum atomic E-state index is 13.5. The first-order valence-corrected chi connectivity index (χ1v) is 12.2. The van der Waals surface area contributed by atoms with Crippen molar-refractivity contribution in [3.05, 3.63) is 86.8 Å². The highest BCUT2D eigenvalue weighted by atomic mass is 79.9. The number of halogens is 1. The summed E-state index contributed by atoms with van der Waals surface area (Å²) in [5.41, 5.74) is -1.14. The minimum absolute atomic E-state index is 0.00786. The third-order valence-corrected chi connectivity index (χ3v) is 7.53. The van der Waals surface area contributed by atoms with Gasteiger partial charge in [-0.3, -0.25) is 14.4 Å². The van der Waals surface area contributed by atoms with E-state index >= 15 is 0 Å². The lowest BCUT2D eigenvalue weighted by molar-refractivity contribution is -0.123. The molecule has 37 heavy (non-hydrogen) atoms. The Morgan fingerprint density at radius 2 is 1.84 bits per heavy atom. The van der Waals surface area contributed by atoms with E-state index in [9.17, 15) is 24.6 Å². The number of amides is 1. The third kappa shape index (κ3) is 3.61. The number of carbonyl (C=O) groups excluding carboxylic acids is 3. The van der Waals surface area contributed by atoms with E-state index in [1.165, 1.54) is 33.1 Å². The predicted molar refractivity (Wildman–Crippen MR) is 139 cm³/mol. The Balaban J connectivity index is 1.57. The molecule has 9 heteroatoms. The lowest BCUT2D eigenvalue weighted by Gasteiger charge is -2.27. The number of hydrogen-bond donors (Lipinski definition) is 3. The molecule has 0 saturated carbocycles. The Kier molecular flexibility index (Phi) is 5.83. The van der Waals surface area contributed by atoms with Gasteiger partial charge in [0.15, 0.2) is 17.3 Å². The third-order valence-electron chi connectivity index (χ3n) is 6.83. The number of phenols is 1. The summed E-state index contributed by atoms with van der Waals surface area (Å²) in [6, 6.07) is 12.8. The van der Waals surface area contributed by atoms with Gasteiger partial charge in [0.05, 0.1) is 12.7 Å². The molecule has 0 bridgehead atoms. The molecule has 5 rings (SSSR count). The summed E-state index contributed by atoms with van der Waals surface area (Å²) in [6.07, 6.45) is 1.17. The number of benzene rings is 3.